The van der Waals surface area contributed by atoms with Gasteiger partial charge in [0, 0.05) is 10.0 Å². The van der Waals surface area contributed by atoms with Crippen LogP contribution in [0.4, 0.5) is 0 Å². The van der Waals surface area contributed by atoms with Crippen LogP contribution in [0.2, 0.25) is 0 Å². The summed E-state index contributed by atoms with van der Waals surface area (Å²) in [5.41, 5.74) is 2.05. The zero-order valence-corrected chi connectivity index (χ0v) is 11.9. The summed E-state index contributed by atoms with van der Waals surface area (Å²) in [7, 11) is 0. The third-order valence-corrected chi connectivity index (χ3v) is 3.86. The van der Waals surface area contributed by atoms with Crippen molar-refractivity contribution in [2.45, 2.75) is 25.6 Å². The number of benzene rings is 1. The summed E-state index contributed by atoms with van der Waals surface area (Å²) in [5.74, 6) is 1.04. The Balaban J connectivity index is 2.33. The smallest absolute Gasteiger partial charge is 0.258 e. The normalized spacial score (nSPS) is 12.7. The lowest BCUT2D eigenvalue weighted by Gasteiger charge is -1.99. The Bertz CT molecular complexity index is 527. The van der Waals surface area contributed by atoms with Gasteiger partial charge in [-0.1, -0.05) is 34.1 Å². The second-order valence-corrected chi connectivity index (χ2v) is 5.18. The summed E-state index contributed by atoms with van der Waals surface area (Å²) < 4.78 is 6.22. The quantitative estimate of drug-likeness (QED) is 0.783. The van der Waals surface area contributed by atoms with Gasteiger partial charge in [0.25, 0.3) is 5.89 Å². The molecule has 17 heavy (non-hydrogen) atoms. The van der Waals surface area contributed by atoms with Crippen molar-refractivity contribution in [2.24, 2.45) is 0 Å². The minimum absolute atomic E-state index is 0.193. The monoisotopic (exact) mass is 314 g/mol. The van der Waals surface area contributed by atoms with E-state index in [2.05, 4.69) is 26.1 Å². The van der Waals surface area contributed by atoms with Crippen molar-refractivity contribution in [3.8, 4) is 11.5 Å². The zero-order valence-electron chi connectivity index (χ0n) is 9.58. The highest BCUT2D eigenvalue weighted by atomic mass is 79.9. The molecule has 90 valence electrons. The molecule has 0 saturated heterocycles. The van der Waals surface area contributed by atoms with Crippen LogP contribution in [-0.2, 0) is 0 Å². The lowest BCUT2D eigenvalue weighted by molar-refractivity contribution is 0.421. The van der Waals surface area contributed by atoms with Crippen LogP contribution in [0.3, 0.4) is 0 Å². The third kappa shape index (κ3) is 2.69. The fraction of sp³-hybridized carbons (Fsp3) is 0.333. The summed E-state index contributed by atoms with van der Waals surface area (Å²) in [5, 5.41) is 3.69. The predicted molar refractivity (Wildman–Crippen MR) is 71.1 cm³/mol. The molecule has 1 heterocycles. The lowest BCUT2D eigenvalue weighted by atomic mass is 10.1. The first-order chi connectivity index (χ1) is 8.11. The van der Waals surface area contributed by atoms with Crippen molar-refractivity contribution in [1.82, 2.24) is 10.1 Å². The van der Waals surface area contributed by atoms with Gasteiger partial charge in [-0.05, 0) is 31.0 Å². The Hall–Kier alpha value is -0.870. The Morgan fingerprint density at radius 1 is 1.47 bits per heavy atom. The molecule has 1 aromatic heterocycles. The average molecular weight is 316 g/mol. The molecule has 0 fully saturated rings. The molecule has 1 aromatic carbocycles. The van der Waals surface area contributed by atoms with E-state index in [1.807, 2.05) is 32.0 Å². The van der Waals surface area contributed by atoms with Crippen LogP contribution in [0, 0.1) is 6.92 Å². The van der Waals surface area contributed by atoms with Gasteiger partial charge < -0.3 is 4.52 Å². The first-order valence-corrected chi connectivity index (χ1v) is 6.59. The number of hydrogen-bond acceptors (Lipinski definition) is 3. The largest absolute Gasteiger partial charge is 0.334 e. The predicted octanol–water partition coefficient (Wildman–Crippen LogP) is 4.50. The summed E-state index contributed by atoms with van der Waals surface area (Å²) in [6, 6.07) is 5.91. The van der Waals surface area contributed by atoms with Crippen LogP contribution in [0.1, 0.15) is 30.1 Å². The number of rotatable bonds is 3. The number of alkyl halides is 1. The topological polar surface area (TPSA) is 38.9 Å². The van der Waals surface area contributed by atoms with Crippen LogP contribution >= 0.6 is 27.5 Å². The van der Waals surface area contributed by atoms with Crippen LogP contribution in [0.15, 0.2) is 27.2 Å². The van der Waals surface area contributed by atoms with E-state index in [1.54, 1.807) is 0 Å². The second-order valence-electron chi connectivity index (χ2n) is 3.80. The Morgan fingerprint density at radius 2 is 2.24 bits per heavy atom. The van der Waals surface area contributed by atoms with Gasteiger partial charge in [0.2, 0.25) is 0 Å². The summed E-state index contributed by atoms with van der Waals surface area (Å²) in [4.78, 5) is 4.29. The van der Waals surface area contributed by atoms with Gasteiger partial charge in [0.05, 0.1) is 5.38 Å². The molecule has 1 unspecified atom stereocenters. The van der Waals surface area contributed by atoms with Crippen molar-refractivity contribution in [3.63, 3.8) is 0 Å². The van der Waals surface area contributed by atoms with E-state index >= 15 is 0 Å². The van der Waals surface area contributed by atoms with Gasteiger partial charge in [-0.2, -0.15) is 4.98 Å². The molecular weight excluding hydrogens is 304 g/mol. The number of hydrogen-bond donors (Lipinski definition) is 0. The summed E-state index contributed by atoms with van der Waals surface area (Å²) >= 11 is 9.53. The highest BCUT2D eigenvalue weighted by molar-refractivity contribution is 9.10. The van der Waals surface area contributed by atoms with Gasteiger partial charge in [-0.3, -0.25) is 0 Å². The first-order valence-electron chi connectivity index (χ1n) is 5.36. The van der Waals surface area contributed by atoms with Crippen molar-refractivity contribution in [3.05, 3.63) is 34.1 Å². The van der Waals surface area contributed by atoms with E-state index in [1.165, 1.54) is 0 Å². The molecule has 0 bridgehead atoms. The molecule has 0 saturated carbocycles. The summed E-state index contributed by atoms with van der Waals surface area (Å²) in [6.45, 7) is 4.01. The molecule has 0 aliphatic rings. The Morgan fingerprint density at radius 3 is 2.88 bits per heavy atom. The van der Waals surface area contributed by atoms with Crippen molar-refractivity contribution >= 4 is 27.5 Å². The molecule has 2 aromatic rings. The molecule has 0 aliphatic carbocycles. The van der Waals surface area contributed by atoms with Gasteiger partial charge >= 0.3 is 0 Å². The molecule has 0 amide bonds. The Labute approximate surface area is 113 Å². The van der Waals surface area contributed by atoms with Crippen LogP contribution in [0.25, 0.3) is 11.5 Å². The minimum Gasteiger partial charge on any atom is -0.334 e. The zero-order chi connectivity index (χ0) is 12.4. The fourth-order valence-electron chi connectivity index (χ4n) is 1.39. The highest BCUT2D eigenvalue weighted by Gasteiger charge is 2.15. The molecule has 0 spiro atoms. The van der Waals surface area contributed by atoms with Crippen LogP contribution in [0.5, 0.6) is 0 Å². The van der Waals surface area contributed by atoms with Crippen LogP contribution < -0.4 is 0 Å². The van der Waals surface area contributed by atoms with E-state index in [-0.39, 0.29) is 5.38 Å². The molecular formula is C12H12BrClN2O. The molecule has 0 N–H and O–H groups in total. The molecule has 2 rings (SSSR count). The van der Waals surface area contributed by atoms with Crippen molar-refractivity contribution < 1.29 is 4.52 Å². The second kappa shape index (κ2) is 5.19. The van der Waals surface area contributed by atoms with Crippen molar-refractivity contribution in [2.75, 3.05) is 0 Å². The fourth-order valence-corrected chi connectivity index (χ4v) is 1.86. The van der Waals surface area contributed by atoms with Crippen LogP contribution in [-0.4, -0.2) is 10.1 Å². The van der Waals surface area contributed by atoms with Gasteiger partial charge in [-0.25, -0.2) is 0 Å². The maximum Gasteiger partial charge on any atom is 0.258 e. The van der Waals surface area contributed by atoms with E-state index in [9.17, 15) is 0 Å². The molecule has 0 aliphatic heterocycles. The number of nitrogens with zero attached hydrogens (tertiary/aromatic N) is 2. The van der Waals surface area contributed by atoms with E-state index < -0.39 is 0 Å². The molecule has 1 atom stereocenters. The van der Waals surface area contributed by atoms with Gasteiger partial charge in [-0.15, -0.1) is 11.6 Å². The molecule has 3 nitrogen and oxygen atoms in total. The van der Waals surface area contributed by atoms with Crippen molar-refractivity contribution in [1.29, 1.82) is 0 Å². The van der Waals surface area contributed by atoms with Gasteiger partial charge in [0.15, 0.2) is 5.82 Å². The summed E-state index contributed by atoms with van der Waals surface area (Å²) in [6.07, 6.45) is 0.776. The maximum absolute atomic E-state index is 6.05. The average Bonchev–Trinajstić information content (AvgIpc) is 2.81. The maximum atomic E-state index is 6.05. The standard InChI is InChI=1S/C12H12BrClN2O/c1-3-10(14)11-15-12(17-16-11)8-5-4-7(2)9(13)6-8/h4-6,10H,3H2,1-2H3. The highest BCUT2D eigenvalue weighted by Crippen LogP contribution is 2.27. The van der Waals surface area contributed by atoms with E-state index in [0.717, 1.165) is 22.0 Å². The number of halogens is 2. The molecule has 0 radical (unpaired) electrons. The van der Waals surface area contributed by atoms with E-state index in [4.69, 9.17) is 16.1 Å². The third-order valence-electron chi connectivity index (χ3n) is 2.50. The minimum atomic E-state index is -0.193. The SMILES string of the molecule is CCC(Cl)c1noc(-c2ccc(C)c(Br)c2)n1. The number of aromatic nitrogens is 2. The van der Waals surface area contributed by atoms with Gasteiger partial charge in [0.1, 0.15) is 0 Å². The van der Waals surface area contributed by atoms with E-state index in [0.29, 0.717) is 11.7 Å². The number of aryl methyl sites for hydroxylation is 1. The Kier molecular flexibility index (Phi) is 3.84. The lowest BCUT2D eigenvalue weighted by Crippen LogP contribution is -1.90. The first kappa shape index (κ1) is 12.6. The molecule has 5 heteroatoms.